The van der Waals surface area contributed by atoms with Gasteiger partial charge in [0.2, 0.25) is 0 Å². The Bertz CT molecular complexity index is 583. The number of nitrogens with one attached hydrogen (secondary N) is 1. The van der Waals surface area contributed by atoms with Gasteiger partial charge >= 0.3 is 0 Å². The first-order valence-corrected chi connectivity index (χ1v) is 8.03. The van der Waals surface area contributed by atoms with E-state index in [-0.39, 0.29) is 0 Å². The average molecular weight is 267 g/mol. The van der Waals surface area contributed by atoms with Gasteiger partial charge in [-0.1, -0.05) is 49.7 Å². The van der Waals surface area contributed by atoms with Crippen LogP contribution in [-0.4, -0.2) is 6.54 Å². The summed E-state index contributed by atoms with van der Waals surface area (Å²) in [7, 11) is 0. The molecule has 0 radical (unpaired) electrons. The van der Waals surface area contributed by atoms with Gasteiger partial charge in [0.1, 0.15) is 0 Å². The molecule has 106 valence electrons. The fraction of sp³-hybridized carbons (Fsp3) is 0.474. The quantitative estimate of drug-likeness (QED) is 0.804. The molecule has 1 heteroatoms. The molecule has 0 saturated heterocycles. The second-order valence-electron chi connectivity index (χ2n) is 6.14. The Kier molecular flexibility index (Phi) is 4.07. The van der Waals surface area contributed by atoms with E-state index in [0.717, 1.165) is 12.5 Å². The van der Waals surface area contributed by atoms with Crippen LogP contribution in [0.25, 0.3) is 10.8 Å². The maximum Gasteiger partial charge on any atom is 0.0354 e. The molecule has 0 spiro atoms. The van der Waals surface area contributed by atoms with Crippen molar-refractivity contribution in [2.45, 2.75) is 45.6 Å². The van der Waals surface area contributed by atoms with Crippen LogP contribution in [0, 0.1) is 12.8 Å². The third kappa shape index (κ3) is 2.47. The molecule has 1 atom stereocenters. The molecule has 1 unspecified atom stereocenters. The SMILES string of the molecule is CCCNC(c1ccc(C)c2ccccc12)C1CCC1. The van der Waals surface area contributed by atoms with Gasteiger partial charge in [0, 0.05) is 6.04 Å². The standard InChI is InChI=1S/C19H25N/c1-3-13-20-19(15-7-6-8-15)18-12-11-14(2)16-9-4-5-10-17(16)18/h4-5,9-12,15,19-20H,3,6-8,13H2,1-2H3. The van der Waals surface area contributed by atoms with Crippen LogP contribution in [0.3, 0.4) is 0 Å². The predicted molar refractivity (Wildman–Crippen MR) is 87.1 cm³/mol. The third-order valence-electron chi connectivity index (χ3n) is 4.75. The molecule has 20 heavy (non-hydrogen) atoms. The molecule has 0 bridgehead atoms. The Morgan fingerprint density at radius 2 is 1.85 bits per heavy atom. The zero-order valence-electron chi connectivity index (χ0n) is 12.7. The second-order valence-corrected chi connectivity index (χ2v) is 6.14. The molecule has 3 rings (SSSR count). The Morgan fingerprint density at radius 3 is 2.50 bits per heavy atom. The van der Waals surface area contributed by atoms with Gasteiger partial charge < -0.3 is 5.32 Å². The minimum atomic E-state index is 0.536. The van der Waals surface area contributed by atoms with Crippen LogP contribution in [0.15, 0.2) is 36.4 Å². The lowest BCUT2D eigenvalue weighted by Gasteiger charge is -2.35. The zero-order valence-corrected chi connectivity index (χ0v) is 12.7. The van der Waals surface area contributed by atoms with Gasteiger partial charge in [-0.25, -0.2) is 0 Å². The van der Waals surface area contributed by atoms with Crippen molar-refractivity contribution < 1.29 is 0 Å². The first kappa shape index (κ1) is 13.6. The normalized spacial score (nSPS) is 17.1. The summed E-state index contributed by atoms with van der Waals surface area (Å²) in [5.41, 5.74) is 2.89. The zero-order chi connectivity index (χ0) is 13.9. The summed E-state index contributed by atoms with van der Waals surface area (Å²) >= 11 is 0. The molecule has 0 aromatic heterocycles. The Labute approximate surface area is 122 Å². The molecule has 2 aromatic carbocycles. The number of aryl methyl sites for hydroxylation is 1. The number of hydrogen-bond acceptors (Lipinski definition) is 1. The molecule has 1 nitrogen and oxygen atoms in total. The van der Waals surface area contributed by atoms with Crippen LogP contribution in [0.1, 0.15) is 49.8 Å². The summed E-state index contributed by atoms with van der Waals surface area (Å²) in [6.07, 6.45) is 5.36. The second kappa shape index (κ2) is 5.97. The van der Waals surface area contributed by atoms with Crippen LogP contribution in [0.5, 0.6) is 0 Å². The van der Waals surface area contributed by atoms with Gasteiger partial charge in [0.05, 0.1) is 0 Å². The van der Waals surface area contributed by atoms with E-state index in [1.54, 1.807) is 0 Å². The van der Waals surface area contributed by atoms with Crippen molar-refractivity contribution in [2.75, 3.05) is 6.54 Å². The molecule has 0 amide bonds. The smallest absolute Gasteiger partial charge is 0.0354 e. The number of hydrogen-bond donors (Lipinski definition) is 1. The Hall–Kier alpha value is -1.34. The van der Waals surface area contributed by atoms with E-state index in [2.05, 4.69) is 55.6 Å². The van der Waals surface area contributed by atoms with Gasteiger partial charge in [-0.15, -0.1) is 0 Å². The number of rotatable bonds is 5. The van der Waals surface area contributed by atoms with E-state index in [9.17, 15) is 0 Å². The molecular weight excluding hydrogens is 242 g/mol. The van der Waals surface area contributed by atoms with Crippen molar-refractivity contribution in [1.29, 1.82) is 0 Å². The van der Waals surface area contributed by atoms with Crippen LogP contribution < -0.4 is 5.32 Å². The monoisotopic (exact) mass is 267 g/mol. The van der Waals surface area contributed by atoms with Crippen molar-refractivity contribution in [3.8, 4) is 0 Å². The van der Waals surface area contributed by atoms with Crippen LogP contribution >= 0.6 is 0 Å². The molecule has 1 N–H and O–H groups in total. The van der Waals surface area contributed by atoms with Crippen molar-refractivity contribution >= 4 is 10.8 Å². The van der Waals surface area contributed by atoms with E-state index >= 15 is 0 Å². The largest absolute Gasteiger partial charge is 0.310 e. The minimum Gasteiger partial charge on any atom is -0.310 e. The van der Waals surface area contributed by atoms with Gasteiger partial charge in [-0.05, 0) is 60.5 Å². The van der Waals surface area contributed by atoms with Gasteiger partial charge in [-0.3, -0.25) is 0 Å². The fourth-order valence-electron chi connectivity index (χ4n) is 3.35. The summed E-state index contributed by atoms with van der Waals surface area (Å²) in [6, 6.07) is 14.0. The van der Waals surface area contributed by atoms with Crippen molar-refractivity contribution in [2.24, 2.45) is 5.92 Å². The topological polar surface area (TPSA) is 12.0 Å². The highest BCUT2D eigenvalue weighted by molar-refractivity contribution is 5.89. The van der Waals surface area contributed by atoms with E-state index in [4.69, 9.17) is 0 Å². The predicted octanol–water partition coefficient (Wildman–Crippen LogP) is 4.99. The van der Waals surface area contributed by atoms with Crippen molar-refractivity contribution in [1.82, 2.24) is 5.32 Å². The average Bonchev–Trinajstić information content (AvgIpc) is 2.42. The molecule has 1 aliphatic carbocycles. The molecule has 0 heterocycles. The molecule has 1 fully saturated rings. The number of fused-ring (bicyclic) bond motifs is 1. The molecule has 2 aromatic rings. The summed E-state index contributed by atoms with van der Waals surface area (Å²) in [6.45, 7) is 5.57. The summed E-state index contributed by atoms with van der Waals surface area (Å²) in [5.74, 6) is 0.827. The fourth-order valence-corrected chi connectivity index (χ4v) is 3.35. The summed E-state index contributed by atoms with van der Waals surface area (Å²) < 4.78 is 0. The van der Waals surface area contributed by atoms with Crippen LogP contribution in [-0.2, 0) is 0 Å². The van der Waals surface area contributed by atoms with E-state index in [0.29, 0.717) is 6.04 Å². The lowest BCUT2D eigenvalue weighted by molar-refractivity contribution is 0.232. The Morgan fingerprint density at radius 1 is 1.10 bits per heavy atom. The molecule has 0 aliphatic heterocycles. The molecule has 1 aliphatic rings. The molecule has 1 saturated carbocycles. The third-order valence-corrected chi connectivity index (χ3v) is 4.75. The first-order chi connectivity index (χ1) is 9.81. The summed E-state index contributed by atoms with van der Waals surface area (Å²) in [5, 5.41) is 6.65. The molecular formula is C19H25N. The Balaban J connectivity index is 2.03. The van der Waals surface area contributed by atoms with E-state index < -0.39 is 0 Å². The van der Waals surface area contributed by atoms with E-state index in [1.807, 2.05) is 0 Å². The van der Waals surface area contributed by atoms with E-state index in [1.165, 1.54) is 47.6 Å². The lowest BCUT2D eigenvalue weighted by atomic mass is 9.76. The summed E-state index contributed by atoms with van der Waals surface area (Å²) in [4.78, 5) is 0. The number of benzene rings is 2. The van der Waals surface area contributed by atoms with Crippen molar-refractivity contribution in [3.05, 3.63) is 47.5 Å². The van der Waals surface area contributed by atoms with Gasteiger partial charge in [-0.2, -0.15) is 0 Å². The highest BCUT2D eigenvalue weighted by atomic mass is 14.9. The highest BCUT2D eigenvalue weighted by Crippen LogP contribution is 2.40. The van der Waals surface area contributed by atoms with Crippen LogP contribution in [0.2, 0.25) is 0 Å². The minimum absolute atomic E-state index is 0.536. The van der Waals surface area contributed by atoms with Crippen LogP contribution in [0.4, 0.5) is 0 Å². The highest BCUT2D eigenvalue weighted by Gasteiger charge is 2.29. The van der Waals surface area contributed by atoms with Gasteiger partial charge in [0.25, 0.3) is 0 Å². The maximum absolute atomic E-state index is 3.80. The van der Waals surface area contributed by atoms with Crippen molar-refractivity contribution in [3.63, 3.8) is 0 Å². The van der Waals surface area contributed by atoms with Gasteiger partial charge in [0.15, 0.2) is 0 Å². The first-order valence-electron chi connectivity index (χ1n) is 8.03. The lowest BCUT2D eigenvalue weighted by Crippen LogP contribution is -2.32. The maximum atomic E-state index is 3.80.